The van der Waals surface area contributed by atoms with E-state index in [0.717, 1.165) is 9.39 Å². The van der Waals surface area contributed by atoms with E-state index in [9.17, 15) is 0 Å². The molecule has 0 aliphatic rings. The maximum atomic E-state index is 3.77. The van der Waals surface area contributed by atoms with Crippen LogP contribution in [0.25, 0.3) is 0 Å². The first-order chi connectivity index (χ1) is 3.30. The molecule has 0 fully saturated rings. The number of nitrogens with one attached hydrogen (secondary N) is 1. The summed E-state index contributed by atoms with van der Waals surface area (Å²) in [4.78, 5) is 0. The molecule has 0 aromatic carbocycles. The Bertz CT molecular complexity index is 142. The van der Waals surface area contributed by atoms with Crippen LogP contribution in [0.4, 0.5) is 0 Å². The van der Waals surface area contributed by atoms with Gasteiger partial charge in [0.1, 0.15) is 3.70 Å². The topological polar surface area (TPSA) is 41.6 Å². The molecule has 1 aromatic rings. The number of H-pyrrole nitrogens is 1. The molecule has 0 aliphatic carbocycles. The van der Waals surface area contributed by atoms with Gasteiger partial charge in [-0.2, -0.15) is 10.3 Å². The van der Waals surface area contributed by atoms with Gasteiger partial charge in [-0.1, -0.05) is 0 Å². The molecule has 1 heterocycles. The van der Waals surface area contributed by atoms with Gasteiger partial charge >= 0.3 is 0 Å². The molecule has 1 aromatic heterocycles. The molecule has 0 saturated heterocycles. The predicted octanol–water partition coefficient (Wildman–Crippen LogP) is 0.718. The van der Waals surface area contributed by atoms with E-state index in [1.165, 1.54) is 0 Å². The maximum absolute atomic E-state index is 3.77. The molecule has 3 nitrogen and oxygen atoms in total. The van der Waals surface area contributed by atoms with Gasteiger partial charge in [-0.15, -0.1) is 5.10 Å². The largest absolute Gasteiger partial charge is 0.197 e. The van der Waals surface area contributed by atoms with Crippen LogP contribution in [0.15, 0.2) is 0 Å². The van der Waals surface area contributed by atoms with E-state index in [4.69, 9.17) is 0 Å². The summed E-state index contributed by atoms with van der Waals surface area (Å²) < 4.78 is 0.942. The maximum Gasteiger partial charge on any atom is 0.146 e. The number of hydrogen-bond acceptors (Lipinski definition) is 2. The van der Waals surface area contributed by atoms with E-state index in [1.54, 1.807) is 0 Å². The van der Waals surface area contributed by atoms with E-state index < -0.39 is 0 Å². The highest BCUT2D eigenvalue weighted by Gasteiger charge is 1.92. The number of nitrogens with zero attached hydrogens (tertiary/aromatic N) is 2. The van der Waals surface area contributed by atoms with Gasteiger partial charge in [0.05, 0.1) is 5.69 Å². The second-order valence-electron chi connectivity index (χ2n) is 1.20. The number of halogens is 1. The first-order valence-electron chi connectivity index (χ1n) is 1.83. The fraction of sp³-hybridized carbons (Fsp3) is 0.333. The summed E-state index contributed by atoms with van der Waals surface area (Å²) in [5.41, 5.74) is 0.959. The third-order valence-electron chi connectivity index (χ3n) is 0.664. The van der Waals surface area contributed by atoms with E-state index in [2.05, 4.69) is 38.0 Å². The van der Waals surface area contributed by atoms with Crippen molar-refractivity contribution in [1.29, 1.82) is 0 Å². The van der Waals surface area contributed by atoms with Gasteiger partial charge < -0.3 is 0 Å². The molecule has 0 bridgehead atoms. The highest BCUT2D eigenvalue weighted by Crippen LogP contribution is 1.99. The van der Waals surface area contributed by atoms with Crippen LogP contribution in [0.2, 0.25) is 0 Å². The van der Waals surface area contributed by atoms with Crippen LogP contribution in [-0.4, -0.2) is 15.4 Å². The molecule has 1 N–H and O–H groups in total. The zero-order valence-electron chi connectivity index (χ0n) is 3.77. The number of aromatic amines is 1. The lowest BCUT2D eigenvalue weighted by Crippen LogP contribution is -1.70. The molecule has 4 heteroatoms. The zero-order chi connectivity index (χ0) is 5.28. The van der Waals surface area contributed by atoms with Crippen molar-refractivity contribution >= 4 is 22.6 Å². The quantitative estimate of drug-likeness (QED) is 0.639. The van der Waals surface area contributed by atoms with E-state index in [0.29, 0.717) is 0 Å². The van der Waals surface area contributed by atoms with Gasteiger partial charge in [0, 0.05) is 0 Å². The molecule has 38 valence electrons. The van der Waals surface area contributed by atoms with Crippen molar-refractivity contribution in [2.24, 2.45) is 0 Å². The Morgan fingerprint density at radius 1 is 1.57 bits per heavy atom. The summed E-state index contributed by atoms with van der Waals surface area (Å²) in [5.74, 6) is 0. The van der Waals surface area contributed by atoms with Crippen molar-refractivity contribution in [2.75, 3.05) is 0 Å². The minimum atomic E-state index is 0.942. The number of aromatic nitrogens is 3. The van der Waals surface area contributed by atoms with Crippen LogP contribution in [0.3, 0.4) is 0 Å². The Hall–Kier alpha value is -0.130. The van der Waals surface area contributed by atoms with E-state index in [-0.39, 0.29) is 0 Å². The lowest BCUT2D eigenvalue weighted by atomic mass is 10.6. The highest BCUT2D eigenvalue weighted by atomic mass is 127. The average Bonchev–Trinajstić information content (AvgIpc) is 1.91. The smallest absolute Gasteiger partial charge is 0.146 e. The molecular formula is C3H4IN3. The fourth-order valence-electron chi connectivity index (χ4n) is 0.271. The molecule has 0 atom stereocenters. The summed E-state index contributed by atoms with van der Waals surface area (Å²) >= 11 is 2.11. The Morgan fingerprint density at radius 3 is 2.43 bits per heavy atom. The van der Waals surface area contributed by atoms with Gasteiger partial charge in [0.2, 0.25) is 0 Å². The summed E-state index contributed by atoms with van der Waals surface area (Å²) in [7, 11) is 0. The average molecular weight is 209 g/mol. The molecular weight excluding hydrogens is 205 g/mol. The Balaban J connectivity index is 3.12. The Kier molecular flexibility index (Phi) is 1.27. The van der Waals surface area contributed by atoms with Crippen molar-refractivity contribution < 1.29 is 0 Å². The predicted molar refractivity (Wildman–Crippen MR) is 33.8 cm³/mol. The van der Waals surface area contributed by atoms with Crippen molar-refractivity contribution in [1.82, 2.24) is 15.4 Å². The highest BCUT2D eigenvalue weighted by molar-refractivity contribution is 14.1. The van der Waals surface area contributed by atoms with Crippen LogP contribution in [0, 0.1) is 10.6 Å². The third kappa shape index (κ3) is 0.902. The summed E-state index contributed by atoms with van der Waals surface area (Å²) in [6.07, 6.45) is 0. The van der Waals surface area contributed by atoms with Gasteiger partial charge in [-0.25, -0.2) is 0 Å². The van der Waals surface area contributed by atoms with Crippen molar-refractivity contribution in [2.45, 2.75) is 6.92 Å². The molecule has 0 amide bonds. The fourth-order valence-corrected chi connectivity index (χ4v) is 0.499. The van der Waals surface area contributed by atoms with Gasteiger partial charge in [-0.05, 0) is 29.5 Å². The van der Waals surface area contributed by atoms with Crippen LogP contribution in [-0.2, 0) is 0 Å². The first kappa shape index (κ1) is 5.02. The second-order valence-corrected chi connectivity index (χ2v) is 2.22. The lowest BCUT2D eigenvalue weighted by Gasteiger charge is -1.71. The molecule has 1 rings (SSSR count). The third-order valence-corrected chi connectivity index (χ3v) is 1.69. The summed E-state index contributed by atoms with van der Waals surface area (Å²) in [5, 5.41) is 10.0. The van der Waals surface area contributed by atoms with Crippen molar-refractivity contribution in [3.8, 4) is 0 Å². The Morgan fingerprint density at radius 2 is 2.29 bits per heavy atom. The monoisotopic (exact) mass is 209 g/mol. The van der Waals surface area contributed by atoms with Crippen LogP contribution in [0.1, 0.15) is 5.69 Å². The second kappa shape index (κ2) is 1.77. The zero-order valence-corrected chi connectivity index (χ0v) is 5.93. The molecule has 7 heavy (non-hydrogen) atoms. The first-order valence-corrected chi connectivity index (χ1v) is 2.91. The minimum absolute atomic E-state index is 0.942. The van der Waals surface area contributed by atoms with E-state index in [1.807, 2.05) is 6.92 Å². The number of rotatable bonds is 0. The van der Waals surface area contributed by atoms with Crippen molar-refractivity contribution in [3.63, 3.8) is 0 Å². The van der Waals surface area contributed by atoms with Gasteiger partial charge in [-0.3, -0.25) is 0 Å². The summed E-state index contributed by atoms with van der Waals surface area (Å²) in [6.45, 7) is 1.91. The SMILES string of the molecule is Cc1n[nH]nc1I. The van der Waals surface area contributed by atoms with E-state index >= 15 is 0 Å². The number of aryl methyl sites for hydroxylation is 1. The van der Waals surface area contributed by atoms with Crippen LogP contribution >= 0.6 is 22.6 Å². The lowest BCUT2D eigenvalue weighted by molar-refractivity contribution is 0.924. The number of hydrogen-bond donors (Lipinski definition) is 1. The van der Waals surface area contributed by atoms with Gasteiger partial charge in [0.15, 0.2) is 0 Å². The van der Waals surface area contributed by atoms with Gasteiger partial charge in [0.25, 0.3) is 0 Å². The van der Waals surface area contributed by atoms with Crippen molar-refractivity contribution in [3.05, 3.63) is 9.39 Å². The molecule has 0 spiro atoms. The summed E-state index contributed by atoms with van der Waals surface area (Å²) in [6, 6.07) is 0. The Labute approximate surface area is 54.6 Å². The minimum Gasteiger partial charge on any atom is -0.197 e. The molecule has 0 radical (unpaired) electrons. The normalized spacial score (nSPS) is 9.43. The molecule has 0 unspecified atom stereocenters. The molecule has 0 saturated carbocycles. The van der Waals surface area contributed by atoms with Crippen LogP contribution in [0.5, 0.6) is 0 Å². The standard InChI is InChI=1S/C3H4IN3/c1-2-3(4)6-7-5-2/h1H3,(H,5,6,7). The van der Waals surface area contributed by atoms with Crippen LogP contribution < -0.4 is 0 Å². The molecule has 0 aliphatic heterocycles.